The van der Waals surface area contributed by atoms with E-state index in [9.17, 15) is 20.1 Å². The van der Waals surface area contributed by atoms with Crippen molar-refractivity contribution in [3.8, 4) is 0 Å². The Labute approximate surface area is 158 Å². The fourth-order valence-corrected chi connectivity index (χ4v) is 3.23. The van der Waals surface area contributed by atoms with Gasteiger partial charge in [0.25, 0.3) is 0 Å². The smallest absolute Gasteiger partial charge is 0.164 e. The number of unbranched alkanes of at least 4 members (excludes halogenated alkanes) is 8. The summed E-state index contributed by atoms with van der Waals surface area (Å²) in [4.78, 5) is 12.2. The van der Waals surface area contributed by atoms with Gasteiger partial charge in [0.05, 0.1) is 6.61 Å². The summed E-state index contributed by atoms with van der Waals surface area (Å²) in [5, 5.41) is 30.3. The molecule has 0 aliphatic rings. The lowest BCUT2D eigenvalue weighted by molar-refractivity contribution is -0.149. The number of Topliss-reactive ketones (excluding diaryl/α,β-unsaturated/α-hetero) is 1. The van der Waals surface area contributed by atoms with Gasteiger partial charge in [0.1, 0.15) is 11.7 Å². The van der Waals surface area contributed by atoms with Crippen molar-refractivity contribution in [2.45, 2.75) is 89.3 Å². The number of benzene rings is 1. The van der Waals surface area contributed by atoms with Crippen molar-refractivity contribution >= 4 is 5.78 Å². The first-order valence-corrected chi connectivity index (χ1v) is 10.1. The molecule has 1 aromatic rings. The zero-order chi connectivity index (χ0) is 19.3. The molecule has 0 heterocycles. The summed E-state index contributed by atoms with van der Waals surface area (Å²) in [6.07, 6.45) is 9.12. The average molecular weight is 365 g/mol. The van der Waals surface area contributed by atoms with E-state index in [4.69, 9.17) is 0 Å². The van der Waals surface area contributed by atoms with E-state index in [2.05, 4.69) is 6.92 Å². The fourth-order valence-electron chi connectivity index (χ4n) is 3.23. The summed E-state index contributed by atoms with van der Waals surface area (Å²) in [6.45, 7) is 1.57. The van der Waals surface area contributed by atoms with Crippen molar-refractivity contribution in [2.24, 2.45) is 0 Å². The highest BCUT2D eigenvalue weighted by molar-refractivity contribution is 5.84. The molecule has 1 aromatic carbocycles. The average Bonchev–Trinajstić information content (AvgIpc) is 2.66. The molecule has 4 nitrogen and oxygen atoms in total. The Bertz CT molecular complexity index is 488. The standard InChI is InChI=1S/C22H36O4/c1-2-3-4-5-6-7-8-9-13-16-20(24)21(25)22(26,18-23)17-19-14-11-10-12-15-19/h10-12,14-15,21,23,25-26H,2-9,13,16-18H2,1H3. The van der Waals surface area contributed by atoms with Crippen LogP contribution in [0.25, 0.3) is 0 Å². The van der Waals surface area contributed by atoms with Gasteiger partial charge in [-0.15, -0.1) is 0 Å². The summed E-state index contributed by atoms with van der Waals surface area (Å²) in [5.74, 6) is -0.388. The molecule has 0 saturated heterocycles. The first kappa shape index (κ1) is 22.8. The zero-order valence-electron chi connectivity index (χ0n) is 16.2. The van der Waals surface area contributed by atoms with Crippen LogP contribution in [0.2, 0.25) is 0 Å². The topological polar surface area (TPSA) is 77.8 Å². The molecule has 1 rings (SSSR count). The van der Waals surface area contributed by atoms with Crippen molar-refractivity contribution in [2.75, 3.05) is 6.61 Å². The van der Waals surface area contributed by atoms with Gasteiger partial charge in [-0.1, -0.05) is 88.6 Å². The third-order valence-corrected chi connectivity index (χ3v) is 4.97. The second kappa shape index (κ2) is 13.0. The molecule has 0 spiro atoms. The number of carbonyl (C=O) groups is 1. The fraction of sp³-hybridized carbons (Fsp3) is 0.682. The van der Waals surface area contributed by atoms with Crippen LogP contribution in [-0.2, 0) is 11.2 Å². The van der Waals surface area contributed by atoms with Gasteiger partial charge >= 0.3 is 0 Å². The normalized spacial score (nSPS) is 14.8. The minimum atomic E-state index is -1.82. The van der Waals surface area contributed by atoms with Crippen LogP contribution in [0.4, 0.5) is 0 Å². The van der Waals surface area contributed by atoms with Crippen LogP contribution in [0.5, 0.6) is 0 Å². The largest absolute Gasteiger partial charge is 0.393 e. The predicted molar refractivity (Wildman–Crippen MR) is 105 cm³/mol. The Morgan fingerprint density at radius 3 is 2.04 bits per heavy atom. The Balaban J connectivity index is 2.29. The molecule has 2 atom stereocenters. The molecule has 2 unspecified atom stereocenters. The molecule has 0 aliphatic carbocycles. The van der Waals surface area contributed by atoms with Gasteiger partial charge in [-0.25, -0.2) is 0 Å². The maximum absolute atomic E-state index is 12.2. The summed E-state index contributed by atoms with van der Waals surface area (Å²) in [7, 11) is 0. The van der Waals surface area contributed by atoms with Crippen molar-refractivity contribution in [1.82, 2.24) is 0 Å². The van der Waals surface area contributed by atoms with Gasteiger partial charge in [0, 0.05) is 12.8 Å². The van der Waals surface area contributed by atoms with E-state index in [1.54, 1.807) is 12.1 Å². The molecule has 3 N–H and O–H groups in total. The summed E-state index contributed by atoms with van der Waals surface area (Å²) in [6, 6.07) is 9.11. The van der Waals surface area contributed by atoms with Crippen LogP contribution in [0.15, 0.2) is 30.3 Å². The Kier molecular flexibility index (Phi) is 11.4. The van der Waals surface area contributed by atoms with Crippen LogP contribution in [-0.4, -0.2) is 39.4 Å². The summed E-state index contributed by atoms with van der Waals surface area (Å²) in [5.41, 5.74) is -1.04. The van der Waals surface area contributed by atoms with E-state index in [1.807, 2.05) is 18.2 Å². The van der Waals surface area contributed by atoms with E-state index < -0.39 is 18.3 Å². The maximum Gasteiger partial charge on any atom is 0.164 e. The quantitative estimate of drug-likeness (QED) is 0.414. The molecular weight excluding hydrogens is 328 g/mol. The first-order valence-electron chi connectivity index (χ1n) is 10.1. The van der Waals surface area contributed by atoms with E-state index in [0.29, 0.717) is 0 Å². The molecule has 0 saturated carbocycles. The number of ketones is 1. The van der Waals surface area contributed by atoms with E-state index in [-0.39, 0.29) is 18.6 Å². The zero-order valence-corrected chi connectivity index (χ0v) is 16.2. The number of rotatable bonds is 15. The third-order valence-electron chi connectivity index (χ3n) is 4.97. The molecule has 4 heteroatoms. The lowest BCUT2D eigenvalue weighted by Crippen LogP contribution is -2.51. The van der Waals surface area contributed by atoms with Crippen LogP contribution < -0.4 is 0 Å². The second-order valence-corrected chi connectivity index (χ2v) is 7.37. The van der Waals surface area contributed by atoms with Gasteiger partial charge in [-0.3, -0.25) is 4.79 Å². The molecule has 0 amide bonds. The van der Waals surface area contributed by atoms with E-state index in [1.165, 1.54) is 38.5 Å². The Morgan fingerprint density at radius 1 is 0.962 bits per heavy atom. The number of aliphatic hydroxyl groups excluding tert-OH is 2. The molecular formula is C22H36O4. The van der Waals surface area contributed by atoms with Gasteiger partial charge in [-0.05, 0) is 12.0 Å². The number of carbonyl (C=O) groups excluding carboxylic acids is 1. The molecule has 148 valence electrons. The van der Waals surface area contributed by atoms with Gasteiger partial charge < -0.3 is 15.3 Å². The number of hydrogen-bond acceptors (Lipinski definition) is 4. The molecule has 0 fully saturated rings. The minimum Gasteiger partial charge on any atom is -0.393 e. The third kappa shape index (κ3) is 8.43. The predicted octanol–water partition coefficient (Wildman–Crippen LogP) is 3.80. The van der Waals surface area contributed by atoms with Crippen molar-refractivity contribution < 1.29 is 20.1 Å². The molecule has 0 radical (unpaired) electrons. The van der Waals surface area contributed by atoms with Crippen LogP contribution in [0.3, 0.4) is 0 Å². The number of aliphatic hydroxyl groups is 3. The van der Waals surface area contributed by atoms with Gasteiger partial charge in [-0.2, -0.15) is 0 Å². The SMILES string of the molecule is CCCCCCCCCCCC(=O)C(O)C(O)(CO)Cc1ccccc1. The highest BCUT2D eigenvalue weighted by Crippen LogP contribution is 2.20. The number of hydrogen-bond donors (Lipinski definition) is 3. The molecule has 0 aromatic heterocycles. The van der Waals surface area contributed by atoms with Gasteiger partial charge in [0.15, 0.2) is 5.78 Å². The molecule has 26 heavy (non-hydrogen) atoms. The Hall–Kier alpha value is -1.23. The first-order chi connectivity index (χ1) is 12.5. The highest BCUT2D eigenvalue weighted by atomic mass is 16.4. The van der Waals surface area contributed by atoms with E-state index >= 15 is 0 Å². The lowest BCUT2D eigenvalue weighted by atomic mass is 9.86. The van der Waals surface area contributed by atoms with Crippen molar-refractivity contribution in [3.05, 3.63) is 35.9 Å². The Morgan fingerprint density at radius 2 is 1.50 bits per heavy atom. The second-order valence-electron chi connectivity index (χ2n) is 7.37. The lowest BCUT2D eigenvalue weighted by Gasteiger charge is -2.30. The summed E-state index contributed by atoms with van der Waals surface area (Å²) >= 11 is 0. The summed E-state index contributed by atoms with van der Waals surface area (Å²) < 4.78 is 0. The van der Waals surface area contributed by atoms with Crippen molar-refractivity contribution in [1.29, 1.82) is 0 Å². The van der Waals surface area contributed by atoms with Crippen molar-refractivity contribution in [3.63, 3.8) is 0 Å². The van der Waals surface area contributed by atoms with Crippen LogP contribution in [0, 0.1) is 0 Å². The highest BCUT2D eigenvalue weighted by Gasteiger charge is 2.39. The molecule has 0 bridgehead atoms. The molecule has 0 aliphatic heterocycles. The van der Waals surface area contributed by atoms with E-state index in [0.717, 1.165) is 24.8 Å². The minimum absolute atomic E-state index is 0.0506. The monoisotopic (exact) mass is 364 g/mol. The van der Waals surface area contributed by atoms with Crippen LogP contribution in [0.1, 0.15) is 76.7 Å². The van der Waals surface area contributed by atoms with Crippen LogP contribution >= 0.6 is 0 Å². The van der Waals surface area contributed by atoms with Gasteiger partial charge in [0.2, 0.25) is 0 Å². The maximum atomic E-state index is 12.2.